The standard InChI is InChI=1S/C22H28N4O/c1-18-5-2-3-7-21(18)25-15-13-24(14-16-25)20-8-11-26(12-9-20)22(27)19-6-4-10-23-17-19/h2-7,10,17,20H,8-9,11-16H2,1H3. The molecular weight excluding hydrogens is 336 g/mol. The second kappa shape index (κ2) is 8.09. The van der Waals surface area contributed by atoms with Crippen LogP contribution in [-0.2, 0) is 0 Å². The van der Waals surface area contributed by atoms with Crippen molar-refractivity contribution in [3.63, 3.8) is 0 Å². The molecule has 0 radical (unpaired) electrons. The van der Waals surface area contributed by atoms with Crippen LogP contribution < -0.4 is 4.90 Å². The van der Waals surface area contributed by atoms with Crippen LogP contribution in [0.25, 0.3) is 0 Å². The fraction of sp³-hybridized carbons (Fsp3) is 0.455. The summed E-state index contributed by atoms with van der Waals surface area (Å²) in [6, 6.07) is 12.9. The summed E-state index contributed by atoms with van der Waals surface area (Å²) in [7, 11) is 0. The monoisotopic (exact) mass is 364 g/mol. The van der Waals surface area contributed by atoms with Crippen molar-refractivity contribution in [3.05, 3.63) is 59.9 Å². The molecule has 5 nitrogen and oxygen atoms in total. The van der Waals surface area contributed by atoms with Gasteiger partial charge in [0.25, 0.3) is 5.91 Å². The number of nitrogens with zero attached hydrogens (tertiary/aromatic N) is 4. The van der Waals surface area contributed by atoms with Crippen LogP contribution in [0.1, 0.15) is 28.8 Å². The van der Waals surface area contributed by atoms with Gasteiger partial charge >= 0.3 is 0 Å². The highest BCUT2D eigenvalue weighted by atomic mass is 16.2. The summed E-state index contributed by atoms with van der Waals surface area (Å²) in [6.45, 7) is 8.26. The van der Waals surface area contributed by atoms with Gasteiger partial charge in [0.15, 0.2) is 0 Å². The van der Waals surface area contributed by atoms with E-state index in [1.807, 2.05) is 17.0 Å². The quantitative estimate of drug-likeness (QED) is 0.840. The molecular formula is C22H28N4O. The molecule has 142 valence electrons. The van der Waals surface area contributed by atoms with E-state index in [1.54, 1.807) is 12.4 Å². The number of aryl methyl sites for hydroxylation is 1. The molecule has 4 rings (SSSR count). The maximum absolute atomic E-state index is 12.6. The molecule has 0 unspecified atom stereocenters. The van der Waals surface area contributed by atoms with Gasteiger partial charge in [-0.1, -0.05) is 18.2 Å². The third kappa shape index (κ3) is 3.98. The molecule has 0 atom stereocenters. The number of piperazine rings is 1. The number of anilines is 1. The SMILES string of the molecule is Cc1ccccc1N1CCN(C2CCN(C(=O)c3cccnc3)CC2)CC1. The average molecular weight is 364 g/mol. The first-order valence-electron chi connectivity index (χ1n) is 9.96. The first-order chi connectivity index (χ1) is 13.2. The van der Waals surface area contributed by atoms with Gasteiger partial charge in [-0.25, -0.2) is 0 Å². The summed E-state index contributed by atoms with van der Waals surface area (Å²) in [6.07, 6.45) is 5.51. The highest BCUT2D eigenvalue weighted by Crippen LogP contribution is 2.24. The summed E-state index contributed by atoms with van der Waals surface area (Å²) in [5, 5.41) is 0. The summed E-state index contributed by atoms with van der Waals surface area (Å²) in [5.41, 5.74) is 3.42. The minimum atomic E-state index is 0.117. The molecule has 2 fully saturated rings. The maximum atomic E-state index is 12.6. The van der Waals surface area contributed by atoms with Crippen molar-refractivity contribution >= 4 is 11.6 Å². The second-order valence-corrected chi connectivity index (χ2v) is 7.57. The van der Waals surface area contributed by atoms with Gasteiger partial charge in [0.2, 0.25) is 0 Å². The van der Waals surface area contributed by atoms with Crippen molar-refractivity contribution in [2.45, 2.75) is 25.8 Å². The Hall–Kier alpha value is -2.40. The van der Waals surface area contributed by atoms with E-state index in [-0.39, 0.29) is 5.91 Å². The van der Waals surface area contributed by atoms with Crippen LogP contribution in [0.3, 0.4) is 0 Å². The second-order valence-electron chi connectivity index (χ2n) is 7.57. The molecule has 0 saturated carbocycles. The predicted octanol–water partition coefficient (Wildman–Crippen LogP) is 2.82. The van der Waals surface area contributed by atoms with Gasteiger partial charge in [-0.2, -0.15) is 0 Å². The zero-order valence-corrected chi connectivity index (χ0v) is 16.1. The smallest absolute Gasteiger partial charge is 0.255 e. The Labute approximate surface area is 161 Å². The predicted molar refractivity (Wildman–Crippen MR) is 108 cm³/mol. The highest BCUT2D eigenvalue weighted by Gasteiger charge is 2.29. The summed E-state index contributed by atoms with van der Waals surface area (Å²) >= 11 is 0. The minimum Gasteiger partial charge on any atom is -0.369 e. The number of aromatic nitrogens is 1. The van der Waals surface area contributed by atoms with Crippen molar-refractivity contribution in [2.75, 3.05) is 44.2 Å². The Morgan fingerprint density at radius 3 is 2.37 bits per heavy atom. The van der Waals surface area contributed by atoms with Crippen LogP contribution in [0.15, 0.2) is 48.8 Å². The number of para-hydroxylation sites is 1. The lowest BCUT2D eigenvalue weighted by Gasteiger charge is -2.43. The van der Waals surface area contributed by atoms with E-state index in [0.717, 1.165) is 52.1 Å². The Kier molecular flexibility index (Phi) is 5.39. The number of hydrogen-bond donors (Lipinski definition) is 0. The van der Waals surface area contributed by atoms with E-state index in [0.29, 0.717) is 11.6 Å². The minimum absolute atomic E-state index is 0.117. The summed E-state index contributed by atoms with van der Waals surface area (Å²) in [5.74, 6) is 0.117. The van der Waals surface area contributed by atoms with Gasteiger partial charge in [0.1, 0.15) is 0 Å². The van der Waals surface area contributed by atoms with E-state index >= 15 is 0 Å². The maximum Gasteiger partial charge on any atom is 0.255 e. The normalized spacial score (nSPS) is 19.3. The molecule has 0 aliphatic carbocycles. The van der Waals surface area contributed by atoms with Crippen LogP contribution in [-0.4, -0.2) is 66.0 Å². The molecule has 0 bridgehead atoms. The van der Waals surface area contributed by atoms with Crippen LogP contribution in [0.4, 0.5) is 5.69 Å². The lowest BCUT2D eigenvalue weighted by molar-refractivity contribution is 0.0610. The largest absolute Gasteiger partial charge is 0.369 e. The van der Waals surface area contributed by atoms with Crippen LogP contribution in [0.2, 0.25) is 0 Å². The Balaban J connectivity index is 1.29. The lowest BCUT2D eigenvalue weighted by atomic mass is 10.0. The number of carbonyl (C=O) groups excluding carboxylic acids is 1. The fourth-order valence-electron chi connectivity index (χ4n) is 4.35. The number of hydrogen-bond acceptors (Lipinski definition) is 4. The molecule has 2 aliphatic rings. The molecule has 1 aromatic carbocycles. The number of piperidine rings is 1. The third-order valence-electron chi connectivity index (χ3n) is 5.95. The number of amides is 1. The third-order valence-corrected chi connectivity index (χ3v) is 5.95. The molecule has 1 aromatic heterocycles. The first-order valence-corrected chi connectivity index (χ1v) is 9.96. The van der Waals surface area contributed by atoms with Gasteiger partial charge in [-0.3, -0.25) is 14.7 Å². The number of rotatable bonds is 3. The molecule has 2 aliphatic heterocycles. The topological polar surface area (TPSA) is 39.7 Å². The molecule has 5 heteroatoms. The molecule has 2 saturated heterocycles. The fourth-order valence-corrected chi connectivity index (χ4v) is 4.35. The van der Waals surface area contributed by atoms with E-state index in [1.165, 1.54) is 11.3 Å². The van der Waals surface area contributed by atoms with Crippen LogP contribution >= 0.6 is 0 Å². The van der Waals surface area contributed by atoms with E-state index < -0.39 is 0 Å². The molecule has 0 spiro atoms. The van der Waals surface area contributed by atoms with Gasteiger partial charge in [0.05, 0.1) is 5.56 Å². The van der Waals surface area contributed by atoms with Crippen molar-refractivity contribution < 1.29 is 4.79 Å². The van der Waals surface area contributed by atoms with Crippen molar-refractivity contribution in [2.24, 2.45) is 0 Å². The van der Waals surface area contributed by atoms with Crippen molar-refractivity contribution in [1.29, 1.82) is 0 Å². The van der Waals surface area contributed by atoms with E-state index in [4.69, 9.17) is 0 Å². The first kappa shape index (κ1) is 18.0. The molecule has 2 aromatic rings. The van der Waals surface area contributed by atoms with E-state index in [9.17, 15) is 4.79 Å². The van der Waals surface area contributed by atoms with Gasteiger partial charge in [-0.05, 0) is 43.5 Å². The molecule has 3 heterocycles. The Morgan fingerprint density at radius 2 is 1.70 bits per heavy atom. The van der Waals surface area contributed by atoms with Gasteiger partial charge < -0.3 is 9.80 Å². The van der Waals surface area contributed by atoms with Crippen LogP contribution in [0.5, 0.6) is 0 Å². The molecule has 1 amide bonds. The molecule has 27 heavy (non-hydrogen) atoms. The van der Waals surface area contributed by atoms with Gasteiger partial charge in [0, 0.05) is 63.4 Å². The zero-order chi connectivity index (χ0) is 18.6. The van der Waals surface area contributed by atoms with Crippen molar-refractivity contribution in [3.8, 4) is 0 Å². The van der Waals surface area contributed by atoms with Crippen LogP contribution in [0, 0.1) is 6.92 Å². The Morgan fingerprint density at radius 1 is 0.963 bits per heavy atom. The number of pyridine rings is 1. The van der Waals surface area contributed by atoms with Crippen molar-refractivity contribution in [1.82, 2.24) is 14.8 Å². The number of likely N-dealkylation sites (tertiary alicyclic amines) is 1. The average Bonchev–Trinajstić information content (AvgIpc) is 2.74. The Bertz CT molecular complexity index is 763. The lowest BCUT2D eigenvalue weighted by Crippen LogP contribution is -2.54. The highest BCUT2D eigenvalue weighted by molar-refractivity contribution is 5.93. The summed E-state index contributed by atoms with van der Waals surface area (Å²) < 4.78 is 0. The number of benzene rings is 1. The summed E-state index contributed by atoms with van der Waals surface area (Å²) in [4.78, 5) is 23.8. The number of carbonyl (C=O) groups is 1. The van der Waals surface area contributed by atoms with E-state index in [2.05, 4.69) is 46.0 Å². The molecule has 0 N–H and O–H groups in total. The zero-order valence-electron chi connectivity index (χ0n) is 16.1. The van der Waals surface area contributed by atoms with Gasteiger partial charge in [-0.15, -0.1) is 0 Å².